The number of pyridine rings is 1. The molecule has 5 N–H and O–H groups in total. The Labute approximate surface area is 236 Å². The van der Waals surface area contributed by atoms with Gasteiger partial charge in [-0.25, -0.2) is 15.1 Å². The lowest BCUT2D eigenvalue weighted by molar-refractivity contribution is -0.192. The molecule has 12 nitrogen and oxygen atoms in total. The third-order valence-electron chi connectivity index (χ3n) is 6.36. The topological polar surface area (TPSA) is 178 Å². The van der Waals surface area contributed by atoms with Gasteiger partial charge in [-0.15, -0.1) is 0 Å². The summed E-state index contributed by atoms with van der Waals surface area (Å²) in [4.78, 5) is 50.7. The van der Waals surface area contributed by atoms with Crippen molar-refractivity contribution in [3.63, 3.8) is 0 Å². The third kappa shape index (κ3) is 8.30. The highest BCUT2D eigenvalue weighted by atomic mass is 19.4. The number of carbonyl (C=O) groups is 4. The minimum atomic E-state index is -5.08. The Balaban J connectivity index is 0.000000616. The van der Waals surface area contributed by atoms with Gasteiger partial charge in [-0.2, -0.15) is 13.2 Å². The maximum Gasteiger partial charge on any atom is 0.490 e. The van der Waals surface area contributed by atoms with Gasteiger partial charge in [-0.3, -0.25) is 19.8 Å². The summed E-state index contributed by atoms with van der Waals surface area (Å²) in [5, 5.41) is 29.1. The number of halogens is 3. The van der Waals surface area contributed by atoms with E-state index in [2.05, 4.69) is 10.3 Å². The smallest absolute Gasteiger partial charge is 0.489 e. The SMILES string of the molecule is Cc1cc(COc2ccc(NC(=O)C3CCN(C(=O)O)CC3C(=O)NO)cc2)c2ccccc2n1.O=C(O)C(F)(F)F. The van der Waals surface area contributed by atoms with Crippen LogP contribution in [0.25, 0.3) is 10.9 Å². The van der Waals surface area contributed by atoms with Gasteiger partial charge in [0, 0.05) is 35.4 Å². The molecule has 15 heteroatoms. The molecule has 0 bridgehead atoms. The van der Waals surface area contributed by atoms with E-state index < -0.39 is 41.9 Å². The van der Waals surface area contributed by atoms with E-state index in [9.17, 15) is 32.7 Å². The summed E-state index contributed by atoms with van der Waals surface area (Å²) in [7, 11) is 0. The molecule has 1 aromatic heterocycles. The second-order valence-electron chi connectivity index (χ2n) is 9.25. The number of hydroxylamine groups is 1. The van der Waals surface area contributed by atoms with Crippen LogP contribution in [-0.4, -0.2) is 68.4 Å². The number of amides is 3. The van der Waals surface area contributed by atoms with Crippen LogP contribution in [0, 0.1) is 18.8 Å². The highest BCUT2D eigenvalue weighted by molar-refractivity contribution is 5.96. The summed E-state index contributed by atoms with van der Waals surface area (Å²) in [5.74, 6) is -5.13. The zero-order chi connectivity index (χ0) is 31.0. The third-order valence-corrected chi connectivity index (χ3v) is 6.36. The molecule has 1 aliphatic heterocycles. The molecule has 0 saturated carbocycles. The molecule has 0 spiro atoms. The van der Waals surface area contributed by atoms with Crippen molar-refractivity contribution in [2.24, 2.45) is 11.8 Å². The molecule has 4 rings (SSSR count). The Hall–Kier alpha value is -4.92. The number of carbonyl (C=O) groups excluding carboxylic acids is 2. The molecular formula is C27H27F3N4O8. The summed E-state index contributed by atoms with van der Waals surface area (Å²) in [6.45, 7) is 2.25. The highest BCUT2D eigenvalue weighted by Gasteiger charge is 2.40. The monoisotopic (exact) mass is 592 g/mol. The summed E-state index contributed by atoms with van der Waals surface area (Å²) in [6.07, 6.45) is -6.10. The fraction of sp³-hybridized carbons (Fsp3) is 0.296. The number of para-hydroxylation sites is 1. The van der Waals surface area contributed by atoms with Crippen molar-refractivity contribution in [3.05, 3.63) is 65.9 Å². The number of aryl methyl sites for hydroxylation is 1. The summed E-state index contributed by atoms with van der Waals surface area (Å²) >= 11 is 0. The number of anilines is 1. The molecule has 0 radical (unpaired) electrons. The number of piperidine rings is 1. The van der Waals surface area contributed by atoms with Gasteiger partial charge in [0.05, 0.1) is 17.4 Å². The number of nitrogens with one attached hydrogen (secondary N) is 2. The Bertz CT molecular complexity index is 1450. The fourth-order valence-corrected chi connectivity index (χ4v) is 4.33. The van der Waals surface area contributed by atoms with Crippen LogP contribution >= 0.6 is 0 Å². The van der Waals surface area contributed by atoms with Gasteiger partial charge in [-0.05, 0) is 49.7 Å². The normalized spacial score (nSPS) is 16.5. The van der Waals surface area contributed by atoms with Crippen molar-refractivity contribution in [2.75, 3.05) is 18.4 Å². The van der Waals surface area contributed by atoms with E-state index in [1.54, 1.807) is 24.3 Å². The summed E-state index contributed by atoms with van der Waals surface area (Å²) < 4.78 is 37.7. The lowest BCUT2D eigenvalue weighted by Gasteiger charge is -2.35. The van der Waals surface area contributed by atoms with Gasteiger partial charge in [0.25, 0.3) is 0 Å². The number of benzene rings is 2. The van der Waals surface area contributed by atoms with Crippen LogP contribution in [-0.2, 0) is 21.0 Å². The number of aromatic nitrogens is 1. The largest absolute Gasteiger partial charge is 0.490 e. The average molecular weight is 593 g/mol. The number of fused-ring (bicyclic) bond motifs is 1. The fourth-order valence-electron chi connectivity index (χ4n) is 4.33. The number of aliphatic carboxylic acids is 1. The molecule has 42 heavy (non-hydrogen) atoms. The van der Waals surface area contributed by atoms with Gasteiger partial charge in [0.15, 0.2) is 0 Å². The highest BCUT2D eigenvalue weighted by Crippen LogP contribution is 2.27. The second-order valence-corrected chi connectivity index (χ2v) is 9.25. The van der Waals surface area contributed by atoms with E-state index in [1.807, 2.05) is 37.3 Å². The number of rotatable bonds is 6. The van der Waals surface area contributed by atoms with Gasteiger partial charge >= 0.3 is 18.2 Å². The lowest BCUT2D eigenvalue weighted by atomic mass is 9.84. The van der Waals surface area contributed by atoms with E-state index in [1.165, 1.54) is 5.48 Å². The van der Waals surface area contributed by atoms with E-state index in [-0.39, 0.29) is 19.5 Å². The molecule has 2 unspecified atom stereocenters. The molecule has 1 fully saturated rings. The zero-order valence-corrected chi connectivity index (χ0v) is 22.1. The Morgan fingerprint density at radius 3 is 2.26 bits per heavy atom. The minimum absolute atomic E-state index is 0.124. The lowest BCUT2D eigenvalue weighted by Crippen LogP contribution is -2.51. The average Bonchev–Trinajstić information content (AvgIpc) is 2.95. The van der Waals surface area contributed by atoms with Crippen LogP contribution in [0.5, 0.6) is 5.75 Å². The second kappa shape index (κ2) is 13.6. The molecule has 3 amide bonds. The van der Waals surface area contributed by atoms with E-state index >= 15 is 0 Å². The van der Waals surface area contributed by atoms with Crippen molar-refractivity contribution in [3.8, 4) is 5.75 Å². The maximum absolute atomic E-state index is 12.9. The number of ether oxygens (including phenoxy) is 1. The molecule has 1 aliphatic rings. The Morgan fingerprint density at radius 2 is 1.67 bits per heavy atom. The van der Waals surface area contributed by atoms with Crippen LogP contribution in [0.1, 0.15) is 17.7 Å². The zero-order valence-electron chi connectivity index (χ0n) is 22.1. The van der Waals surface area contributed by atoms with Crippen molar-refractivity contribution >= 4 is 40.5 Å². The number of hydrogen-bond donors (Lipinski definition) is 5. The molecule has 1 saturated heterocycles. The summed E-state index contributed by atoms with van der Waals surface area (Å²) in [6, 6.07) is 16.7. The molecule has 224 valence electrons. The van der Waals surface area contributed by atoms with Gasteiger partial charge in [0.1, 0.15) is 12.4 Å². The van der Waals surface area contributed by atoms with Crippen LogP contribution in [0.3, 0.4) is 0 Å². The first-order valence-electron chi connectivity index (χ1n) is 12.4. The number of likely N-dealkylation sites (tertiary alicyclic amines) is 1. The van der Waals surface area contributed by atoms with Crippen LogP contribution in [0.4, 0.5) is 23.7 Å². The number of nitrogens with zero attached hydrogens (tertiary/aromatic N) is 2. The van der Waals surface area contributed by atoms with E-state index in [0.717, 1.165) is 27.1 Å². The number of alkyl halides is 3. The standard InChI is InChI=1S/C25H26N4O6.C2HF3O2/c1-15-12-16(19-4-2-3-5-22(19)26-15)14-35-18-8-6-17(7-9-18)27-23(30)20-10-11-29(25(32)33)13-21(20)24(31)28-34;3-2(4,5)1(6)7/h2-9,12,20-21,34H,10-11,13-14H2,1H3,(H,27,30)(H,28,31)(H,32,33);(H,6,7). The predicted molar refractivity (Wildman–Crippen MR) is 141 cm³/mol. The Kier molecular flexibility index (Phi) is 10.3. The van der Waals surface area contributed by atoms with E-state index in [4.69, 9.17) is 19.8 Å². The number of carboxylic acids is 1. The van der Waals surface area contributed by atoms with Gasteiger partial charge in [-0.1, -0.05) is 18.2 Å². The van der Waals surface area contributed by atoms with Crippen molar-refractivity contribution in [1.29, 1.82) is 0 Å². The van der Waals surface area contributed by atoms with E-state index in [0.29, 0.717) is 18.0 Å². The van der Waals surface area contributed by atoms with Crippen LogP contribution < -0.4 is 15.5 Å². The van der Waals surface area contributed by atoms with Crippen molar-refractivity contribution in [1.82, 2.24) is 15.4 Å². The van der Waals surface area contributed by atoms with Crippen molar-refractivity contribution in [2.45, 2.75) is 26.1 Å². The van der Waals surface area contributed by atoms with Crippen LogP contribution in [0.2, 0.25) is 0 Å². The quantitative estimate of drug-likeness (QED) is 0.210. The maximum atomic E-state index is 12.9. The first kappa shape index (κ1) is 31.6. The summed E-state index contributed by atoms with van der Waals surface area (Å²) in [5.41, 5.74) is 4.88. The first-order chi connectivity index (χ1) is 19.8. The van der Waals surface area contributed by atoms with Crippen molar-refractivity contribution < 1.29 is 52.5 Å². The predicted octanol–water partition coefficient (Wildman–Crippen LogP) is 3.82. The van der Waals surface area contributed by atoms with Gasteiger partial charge in [0.2, 0.25) is 11.8 Å². The minimum Gasteiger partial charge on any atom is -0.489 e. The molecular weight excluding hydrogens is 565 g/mol. The molecule has 2 heterocycles. The molecule has 3 aromatic rings. The van der Waals surface area contributed by atoms with Crippen LogP contribution in [0.15, 0.2) is 54.6 Å². The number of carboxylic acid groups (broad SMARTS) is 2. The molecule has 0 aliphatic carbocycles. The first-order valence-corrected chi connectivity index (χ1v) is 12.4. The Morgan fingerprint density at radius 1 is 1.02 bits per heavy atom. The van der Waals surface area contributed by atoms with Gasteiger partial charge < -0.3 is 25.2 Å². The molecule has 2 aromatic carbocycles. The number of hydrogen-bond acceptors (Lipinski definition) is 7. The molecule has 2 atom stereocenters.